The van der Waals surface area contributed by atoms with E-state index in [4.69, 9.17) is 10.5 Å². The molecule has 10 heteroatoms. The normalized spacial score (nSPS) is 11.4. The van der Waals surface area contributed by atoms with Crippen LogP contribution in [0, 0.1) is 19.7 Å². The third-order valence-electron chi connectivity index (χ3n) is 7.20. The fourth-order valence-electron chi connectivity index (χ4n) is 4.85. The zero-order valence-electron chi connectivity index (χ0n) is 24.6. The van der Waals surface area contributed by atoms with Gasteiger partial charge in [0, 0.05) is 43.1 Å². The number of aromatic amines is 1. The van der Waals surface area contributed by atoms with E-state index in [-0.39, 0.29) is 17.9 Å². The molecule has 1 heterocycles. The van der Waals surface area contributed by atoms with E-state index in [0.717, 1.165) is 38.6 Å². The lowest BCUT2D eigenvalue weighted by molar-refractivity contribution is 0.102. The molecule has 0 aliphatic rings. The highest BCUT2D eigenvalue weighted by atomic mass is 19.1. The summed E-state index contributed by atoms with van der Waals surface area (Å²) in [7, 11) is 2.82. The van der Waals surface area contributed by atoms with Gasteiger partial charge < -0.3 is 26.1 Å². The smallest absolute Gasteiger partial charge is 0.328 e. The number of nitrogens with one attached hydrogen (secondary N) is 3. The van der Waals surface area contributed by atoms with E-state index in [1.165, 1.54) is 20.2 Å². The van der Waals surface area contributed by atoms with Gasteiger partial charge in [0.05, 0.1) is 7.11 Å². The highest BCUT2D eigenvalue weighted by Gasteiger charge is 2.19. The second-order valence-electron chi connectivity index (χ2n) is 11.0. The average molecular weight is 574 g/mol. The monoisotopic (exact) mass is 573 g/mol. The number of hydrogen-bond donors (Lipinski definition) is 4. The molecule has 4 aromatic rings. The molecular weight excluding hydrogens is 537 g/mol. The second kappa shape index (κ2) is 12.1. The van der Waals surface area contributed by atoms with Crippen molar-refractivity contribution in [1.82, 2.24) is 14.9 Å². The number of carbonyl (C=O) groups excluding carboxylic acids is 1. The third kappa shape index (κ3) is 6.35. The van der Waals surface area contributed by atoms with Gasteiger partial charge in [-0.1, -0.05) is 30.3 Å². The minimum Gasteiger partial charge on any atom is -0.496 e. The molecule has 0 aliphatic carbocycles. The first-order valence-corrected chi connectivity index (χ1v) is 13.5. The van der Waals surface area contributed by atoms with Crippen molar-refractivity contribution in [3.05, 3.63) is 104 Å². The van der Waals surface area contributed by atoms with Crippen molar-refractivity contribution in [2.75, 3.05) is 19.0 Å². The van der Waals surface area contributed by atoms with Gasteiger partial charge in [-0.2, -0.15) is 0 Å². The van der Waals surface area contributed by atoms with E-state index in [0.29, 0.717) is 29.1 Å². The summed E-state index contributed by atoms with van der Waals surface area (Å²) in [6, 6.07) is 14.6. The molecule has 0 aliphatic heterocycles. The topological polar surface area (TPSA) is 131 Å². The standard InChI is InChI=1S/C32H36FN5O4/c1-18-21(20-13-26(33)24(28(14-20)42-6)15-35-17-32(3,4)34)9-7-10-22(18)23-11-8-12-27(19(23)2)37-29(39)25-16-36-31(41)38(5)30(25)40/h7-14,16,35H,15,17,34H2,1-6H3,(H,36,41)(H,37,39). The maximum Gasteiger partial charge on any atom is 0.328 e. The Balaban J connectivity index is 1.68. The van der Waals surface area contributed by atoms with Gasteiger partial charge in [0.25, 0.3) is 11.5 Å². The van der Waals surface area contributed by atoms with Gasteiger partial charge in [0.15, 0.2) is 0 Å². The minimum atomic E-state index is -0.693. The number of carbonyl (C=O) groups is 1. The first kappa shape index (κ1) is 30.4. The maximum atomic E-state index is 15.4. The number of methoxy groups -OCH3 is 1. The van der Waals surface area contributed by atoms with Crippen LogP contribution in [0.4, 0.5) is 10.1 Å². The molecule has 9 nitrogen and oxygen atoms in total. The number of nitrogens with zero attached hydrogens (tertiary/aromatic N) is 1. The number of anilines is 1. The van der Waals surface area contributed by atoms with E-state index < -0.39 is 22.7 Å². The van der Waals surface area contributed by atoms with Crippen molar-refractivity contribution in [1.29, 1.82) is 0 Å². The van der Waals surface area contributed by atoms with Gasteiger partial charge in [-0.15, -0.1) is 0 Å². The number of aromatic nitrogens is 2. The summed E-state index contributed by atoms with van der Waals surface area (Å²) in [5.41, 5.74) is 10.0. The molecule has 0 radical (unpaired) electrons. The molecule has 220 valence electrons. The lowest BCUT2D eigenvalue weighted by Gasteiger charge is -2.20. The van der Waals surface area contributed by atoms with Crippen molar-refractivity contribution in [2.24, 2.45) is 12.8 Å². The zero-order chi connectivity index (χ0) is 30.8. The predicted molar refractivity (Wildman–Crippen MR) is 164 cm³/mol. The van der Waals surface area contributed by atoms with E-state index in [1.807, 2.05) is 64.1 Å². The van der Waals surface area contributed by atoms with Gasteiger partial charge in [-0.3, -0.25) is 14.2 Å². The lowest BCUT2D eigenvalue weighted by Crippen LogP contribution is -2.42. The summed E-state index contributed by atoms with van der Waals surface area (Å²) < 4.78 is 21.8. The molecule has 0 saturated heterocycles. The first-order chi connectivity index (χ1) is 19.8. The fourth-order valence-corrected chi connectivity index (χ4v) is 4.85. The number of H-pyrrole nitrogens is 1. The van der Waals surface area contributed by atoms with Crippen LogP contribution in [0.5, 0.6) is 5.75 Å². The van der Waals surface area contributed by atoms with Crippen LogP contribution in [0.3, 0.4) is 0 Å². The average Bonchev–Trinajstić information content (AvgIpc) is 2.93. The van der Waals surface area contributed by atoms with Gasteiger partial charge in [-0.25, -0.2) is 9.18 Å². The van der Waals surface area contributed by atoms with Gasteiger partial charge in [0.1, 0.15) is 17.1 Å². The summed E-state index contributed by atoms with van der Waals surface area (Å²) in [6.45, 7) is 8.41. The Hall–Kier alpha value is -4.54. The molecule has 0 saturated carbocycles. The summed E-state index contributed by atoms with van der Waals surface area (Å²) in [4.78, 5) is 39.4. The van der Waals surface area contributed by atoms with Crippen molar-refractivity contribution in [3.8, 4) is 28.0 Å². The van der Waals surface area contributed by atoms with Crippen LogP contribution in [0.2, 0.25) is 0 Å². The van der Waals surface area contributed by atoms with Crippen molar-refractivity contribution < 1.29 is 13.9 Å². The second-order valence-corrected chi connectivity index (χ2v) is 11.0. The maximum absolute atomic E-state index is 15.4. The Morgan fingerprint density at radius 2 is 1.69 bits per heavy atom. The molecule has 1 aromatic heterocycles. The van der Waals surface area contributed by atoms with Crippen molar-refractivity contribution in [3.63, 3.8) is 0 Å². The zero-order valence-corrected chi connectivity index (χ0v) is 24.6. The molecule has 1 amide bonds. The highest BCUT2D eigenvalue weighted by Crippen LogP contribution is 2.37. The summed E-state index contributed by atoms with van der Waals surface area (Å²) in [5.74, 6) is -0.582. The molecule has 0 atom stereocenters. The molecule has 42 heavy (non-hydrogen) atoms. The number of amides is 1. The Morgan fingerprint density at radius 1 is 1.05 bits per heavy atom. The molecule has 0 bridgehead atoms. The van der Waals surface area contributed by atoms with Crippen LogP contribution >= 0.6 is 0 Å². The van der Waals surface area contributed by atoms with E-state index in [2.05, 4.69) is 15.6 Å². The molecule has 5 N–H and O–H groups in total. The summed E-state index contributed by atoms with van der Waals surface area (Å²) in [6.07, 6.45) is 1.11. The van der Waals surface area contributed by atoms with Crippen LogP contribution < -0.4 is 32.4 Å². The Kier molecular flexibility index (Phi) is 8.79. The Bertz CT molecular complexity index is 1770. The molecular formula is C32H36FN5O4. The summed E-state index contributed by atoms with van der Waals surface area (Å²) >= 11 is 0. The largest absolute Gasteiger partial charge is 0.496 e. The van der Waals surface area contributed by atoms with Crippen LogP contribution in [-0.4, -0.2) is 34.7 Å². The number of hydrogen-bond acceptors (Lipinski definition) is 6. The first-order valence-electron chi connectivity index (χ1n) is 13.5. The fraction of sp³-hybridized carbons (Fsp3) is 0.281. The van der Waals surface area contributed by atoms with Crippen molar-refractivity contribution >= 4 is 11.6 Å². The van der Waals surface area contributed by atoms with Crippen LogP contribution in [0.1, 0.15) is 40.9 Å². The molecule has 0 fully saturated rings. The quantitative estimate of drug-likeness (QED) is 0.237. The number of benzene rings is 3. The van der Waals surface area contributed by atoms with Crippen molar-refractivity contribution in [2.45, 2.75) is 39.8 Å². The van der Waals surface area contributed by atoms with Crippen LogP contribution in [0.25, 0.3) is 22.3 Å². The number of ether oxygens (including phenoxy) is 1. The lowest BCUT2D eigenvalue weighted by atomic mass is 9.90. The van der Waals surface area contributed by atoms with Crippen LogP contribution in [-0.2, 0) is 13.6 Å². The van der Waals surface area contributed by atoms with Crippen LogP contribution in [0.15, 0.2) is 64.3 Å². The van der Waals surface area contributed by atoms with Gasteiger partial charge in [-0.05, 0) is 79.3 Å². The minimum absolute atomic E-state index is 0.179. The highest BCUT2D eigenvalue weighted by molar-refractivity contribution is 6.04. The third-order valence-corrected chi connectivity index (χ3v) is 7.20. The molecule has 4 rings (SSSR count). The SMILES string of the molecule is COc1cc(-c2cccc(-c3cccc(NC(=O)c4c[nH]c(=O)n(C)c4=O)c3C)c2C)cc(F)c1CNCC(C)(C)N. The van der Waals surface area contributed by atoms with E-state index >= 15 is 4.39 Å². The number of rotatable bonds is 9. The van der Waals surface area contributed by atoms with Gasteiger partial charge >= 0.3 is 5.69 Å². The summed E-state index contributed by atoms with van der Waals surface area (Å²) in [5, 5.41) is 5.98. The molecule has 0 spiro atoms. The molecule has 3 aromatic carbocycles. The predicted octanol–water partition coefficient (Wildman–Crippen LogP) is 4.25. The Morgan fingerprint density at radius 3 is 2.36 bits per heavy atom. The Labute approximate surface area is 243 Å². The van der Waals surface area contributed by atoms with E-state index in [1.54, 1.807) is 6.07 Å². The van der Waals surface area contributed by atoms with Gasteiger partial charge in [0.2, 0.25) is 0 Å². The number of nitrogens with two attached hydrogens (primary N) is 1. The molecule has 0 unspecified atom stereocenters. The van der Waals surface area contributed by atoms with E-state index in [9.17, 15) is 14.4 Å². The number of halogens is 1.